The fourth-order valence-corrected chi connectivity index (χ4v) is 4.62. The maximum atomic E-state index is 9.75. The fraction of sp³-hybridized carbons (Fsp3) is 0.455. The molecule has 0 radical (unpaired) electrons. The fourth-order valence-electron chi connectivity index (χ4n) is 2.46. The molecule has 0 aliphatic rings. The molecule has 0 spiro atoms. The quantitative estimate of drug-likeness (QED) is 0.307. The average molecular weight is 508 g/mol. The summed E-state index contributed by atoms with van der Waals surface area (Å²) in [7, 11) is -6.00. The first-order valence-electron chi connectivity index (χ1n) is 9.51. The predicted molar refractivity (Wildman–Crippen MR) is 107 cm³/mol. The van der Waals surface area contributed by atoms with Crippen molar-refractivity contribution in [1.29, 1.82) is 0 Å². The standard InChI is InChI=1S/C22H30I.BF4/c1-7-21(3,4)17-9-13-19(14-10-17)23-20-15-11-18(12-16-20)22(5,6)8-2;2-1(3,4)5/h9-16H,7-8H2,1-6H3;/q+1;-1. The molecule has 156 valence electrons. The Morgan fingerprint density at radius 1 is 0.643 bits per heavy atom. The second-order valence-electron chi connectivity index (χ2n) is 8.08. The molecule has 0 aliphatic heterocycles. The van der Waals surface area contributed by atoms with E-state index in [1.165, 1.54) is 31.1 Å². The molecule has 28 heavy (non-hydrogen) atoms. The van der Waals surface area contributed by atoms with Crippen LogP contribution in [-0.4, -0.2) is 7.25 Å². The third-order valence-corrected chi connectivity index (χ3v) is 7.92. The summed E-state index contributed by atoms with van der Waals surface area (Å²) in [5.74, 6) is 0. The lowest BCUT2D eigenvalue weighted by Gasteiger charge is -2.23. The molecule has 2 rings (SSSR count). The molecule has 0 bridgehead atoms. The molecule has 6 heteroatoms. The smallest absolute Gasteiger partial charge is 0.418 e. The van der Waals surface area contributed by atoms with Crippen molar-refractivity contribution >= 4 is 7.25 Å². The first-order chi connectivity index (χ1) is 12.8. The molecule has 0 saturated carbocycles. The van der Waals surface area contributed by atoms with E-state index in [0.29, 0.717) is 0 Å². The van der Waals surface area contributed by atoms with Gasteiger partial charge in [-0.3, -0.25) is 0 Å². The van der Waals surface area contributed by atoms with Gasteiger partial charge in [-0.1, -0.05) is 65.8 Å². The first-order valence-corrected chi connectivity index (χ1v) is 11.7. The lowest BCUT2D eigenvalue weighted by Crippen LogP contribution is -3.61. The lowest BCUT2D eigenvalue weighted by atomic mass is 9.82. The van der Waals surface area contributed by atoms with Crippen molar-refractivity contribution in [3.63, 3.8) is 0 Å². The molecule has 0 aromatic heterocycles. The Kier molecular flexibility index (Phi) is 9.04. The van der Waals surface area contributed by atoms with Crippen LogP contribution in [0.5, 0.6) is 0 Å². The van der Waals surface area contributed by atoms with Gasteiger partial charge in [0.05, 0.1) is 0 Å². The van der Waals surface area contributed by atoms with Crippen molar-refractivity contribution in [1.82, 2.24) is 0 Å². The van der Waals surface area contributed by atoms with Crippen molar-refractivity contribution in [3.8, 4) is 0 Å². The Labute approximate surface area is 177 Å². The molecule has 2 aromatic carbocycles. The van der Waals surface area contributed by atoms with Gasteiger partial charge in [-0.25, -0.2) is 0 Å². The van der Waals surface area contributed by atoms with Crippen molar-refractivity contribution in [3.05, 3.63) is 66.8 Å². The van der Waals surface area contributed by atoms with Crippen LogP contribution in [0.2, 0.25) is 0 Å². The summed E-state index contributed by atoms with van der Waals surface area (Å²) in [5.41, 5.74) is 3.47. The van der Waals surface area contributed by atoms with Crippen molar-refractivity contribution < 1.29 is 38.5 Å². The first kappa shape index (κ1) is 25.0. The highest BCUT2D eigenvalue weighted by atomic mass is 127. The highest BCUT2D eigenvalue weighted by Crippen LogP contribution is 2.26. The molecule has 0 fully saturated rings. The van der Waals surface area contributed by atoms with E-state index in [1.54, 1.807) is 0 Å². The molecule has 2 aromatic rings. The van der Waals surface area contributed by atoms with Gasteiger partial charge in [0.2, 0.25) is 0 Å². The Morgan fingerprint density at radius 3 is 1.11 bits per heavy atom. The minimum Gasteiger partial charge on any atom is -0.418 e. The predicted octanol–water partition coefficient (Wildman–Crippen LogP) is 4.49. The SMILES string of the molecule is CCC(C)(C)c1ccc([I+]c2ccc(C(C)(C)CC)cc2)cc1.F[B-](F)(F)F. The summed E-state index contributed by atoms with van der Waals surface area (Å²) in [6, 6.07) is 18.7. The van der Waals surface area contributed by atoms with Crippen LogP contribution in [0.3, 0.4) is 0 Å². The molecule has 0 aliphatic carbocycles. The van der Waals surface area contributed by atoms with E-state index in [9.17, 15) is 17.3 Å². The van der Waals surface area contributed by atoms with Crippen LogP contribution in [0.4, 0.5) is 17.3 Å². The monoisotopic (exact) mass is 508 g/mol. The molecule has 0 saturated heterocycles. The summed E-state index contributed by atoms with van der Waals surface area (Å²) < 4.78 is 42.0. The summed E-state index contributed by atoms with van der Waals surface area (Å²) >= 11 is -0.0793. The van der Waals surface area contributed by atoms with E-state index in [1.807, 2.05) is 0 Å². The van der Waals surface area contributed by atoms with Gasteiger partial charge in [0.1, 0.15) is 0 Å². The third-order valence-electron chi connectivity index (χ3n) is 5.24. The number of benzene rings is 2. The molecule has 0 nitrogen and oxygen atoms in total. The Balaban J connectivity index is 0.000000696. The molecule has 0 N–H and O–H groups in total. The number of halogens is 5. The van der Waals surface area contributed by atoms with Gasteiger partial charge in [-0.15, -0.1) is 0 Å². The molecular formula is C22H30BF4I. The van der Waals surface area contributed by atoms with E-state index in [2.05, 4.69) is 90.1 Å². The largest absolute Gasteiger partial charge is 0.673 e. The van der Waals surface area contributed by atoms with Gasteiger partial charge in [0, 0.05) is 0 Å². The molecule has 0 unspecified atom stereocenters. The second-order valence-corrected chi connectivity index (χ2v) is 11.1. The highest BCUT2D eigenvalue weighted by Gasteiger charge is 2.22. The summed E-state index contributed by atoms with van der Waals surface area (Å²) in [6.45, 7) is 13.8. The van der Waals surface area contributed by atoms with Gasteiger partial charge < -0.3 is 17.3 Å². The molecule has 0 amide bonds. The third kappa shape index (κ3) is 8.54. The van der Waals surface area contributed by atoms with Gasteiger partial charge >= 0.3 is 28.5 Å². The Morgan fingerprint density at radius 2 is 0.893 bits per heavy atom. The molecule has 0 atom stereocenters. The van der Waals surface area contributed by atoms with Gasteiger partial charge in [-0.2, -0.15) is 0 Å². The zero-order valence-electron chi connectivity index (χ0n) is 17.5. The minimum absolute atomic E-state index is 0.0793. The van der Waals surface area contributed by atoms with E-state index in [-0.39, 0.29) is 32.0 Å². The van der Waals surface area contributed by atoms with E-state index < -0.39 is 7.25 Å². The minimum atomic E-state index is -6.00. The van der Waals surface area contributed by atoms with E-state index >= 15 is 0 Å². The van der Waals surface area contributed by atoms with Crippen molar-refractivity contribution in [2.24, 2.45) is 0 Å². The van der Waals surface area contributed by atoms with Crippen LogP contribution >= 0.6 is 0 Å². The summed E-state index contributed by atoms with van der Waals surface area (Å²) in [5, 5.41) is 0. The lowest BCUT2D eigenvalue weighted by molar-refractivity contribution is -0.597. The van der Waals surface area contributed by atoms with Crippen LogP contribution in [-0.2, 0) is 10.8 Å². The van der Waals surface area contributed by atoms with Gasteiger partial charge in [-0.05, 0) is 59.1 Å². The highest BCUT2D eigenvalue weighted by molar-refractivity contribution is 6.50. The molecular weight excluding hydrogens is 478 g/mol. The number of hydrogen-bond acceptors (Lipinski definition) is 0. The zero-order chi connectivity index (χ0) is 21.6. The van der Waals surface area contributed by atoms with E-state index in [4.69, 9.17) is 0 Å². The van der Waals surface area contributed by atoms with Crippen LogP contribution in [0, 0.1) is 7.14 Å². The van der Waals surface area contributed by atoms with Crippen LogP contribution < -0.4 is 21.2 Å². The maximum absolute atomic E-state index is 9.75. The summed E-state index contributed by atoms with van der Waals surface area (Å²) in [4.78, 5) is 0. The van der Waals surface area contributed by atoms with Crippen molar-refractivity contribution in [2.75, 3.05) is 0 Å². The van der Waals surface area contributed by atoms with Gasteiger partial charge in [0.15, 0.2) is 7.14 Å². The second kappa shape index (κ2) is 10.1. The van der Waals surface area contributed by atoms with E-state index in [0.717, 1.165) is 0 Å². The summed E-state index contributed by atoms with van der Waals surface area (Å²) in [6.07, 6.45) is 2.35. The topological polar surface area (TPSA) is 0 Å². The van der Waals surface area contributed by atoms with Gasteiger partial charge in [0.25, 0.3) is 0 Å². The normalized spacial score (nSPS) is 12.4. The zero-order valence-corrected chi connectivity index (χ0v) is 19.7. The molecule has 0 heterocycles. The maximum Gasteiger partial charge on any atom is 0.673 e. The van der Waals surface area contributed by atoms with Crippen LogP contribution in [0.1, 0.15) is 65.5 Å². The number of rotatable bonds is 6. The average Bonchev–Trinajstić information content (AvgIpc) is 2.61. The van der Waals surface area contributed by atoms with Crippen LogP contribution in [0.25, 0.3) is 0 Å². The number of hydrogen-bond donors (Lipinski definition) is 0. The van der Waals surface area contributed by atoms with Crippen LogP contribution in [0.15, 0.2) is 48.5 Å². The Hall–Kier alpha value is -1.05. The van der Waals surface area contributed by atoms with Crippen molar-refractivity contribution in [2.45, 2.75) is 65.2 Å². The Bertz CT molecular complexity index is 656.